The van der Waals surface area contributed by atoms with E-state index in [0.29, 0.717) is 17.8 Å². The van der Waals surface area contributed by atoms with Crippen molar-refractivity contribution >= 4 is 11.7 Å². The largest absolute Gasteiger partial charge is 0.364 e. The summed E-state index contributed by atoms with van der Waals surface area (Å²) in [5, 5.41) is 0. The molecule has 1 amide bonds. The van der Waals surface area contributed by atoms with Crippen molar-refractivity contribution in [1.82, 2.24) is 9.97 Å². The van der Waals surface area contributed by atoms with Gasteiger partial charge in [0.15, 0.2) is 5.82 Å². The summed E-state index contributed by atoms with van der Waals surface area (Å²) in [6.45, 7) is 7.47. The molecule has 0 aliphatic carbocycles. The van der Waals surface area contributed by atoms with Gasteiger partial charge in [-0.05, 0) is 38.2 Å². The summed E-state index contributed by atoms with van der Waals surface area (Å²) >= 11 is 0. The van der Waals surface area contributed by atoms with Gasteiger partial charge in [0.2, 0.25) is 0 Å². The molecular weight excluding hydrogens is 312 g/mol. The fraction of sp³-hybridized carbons (Fsp3) is 0.450. The van der Waals surface area contributed by atoms with E-state index in [0.717, 1.165) is 42.8 Å². The van der Waals surface area contributed by atoms with Crippen molar-refractivity contribution in [2.75, 3.05) is 11.4 Å². The topological polar surface area (TPSA) is 72.1 Å². The lowest BCUT2D eigenvalue weighted by Gasteiger charge is -2.27. The fourth-order valence-electron chi connectivity index (χ4n) is 3.55. The second kappa shape index (κ2) is 7.21. The Balaban J connectivity index is 2.03. The SMILES string of the molecule is Cc1cccc(-c2nc(C(N)=O)cc(N3CCCC3CC(C)C)n2)c1. The summed E-state index contributed by atoms with van der Waals surface area (Å²) in [6, 6.07) is 10.2. The lowest BCUT2D eigenvalue weighted by atomic mass is 10.0. The Morgan fingerprint density at radius 2 is 2.12 bits per heavy atom. The lowest BCUT2D eigenvalue weighted by Crippen LogP contribution is -2.31. The third-order valence-corrected chi connectivity index (χ3v) is 4.66. The maximum absolute atomic E-state index is 11.8. The number of aryl methyl sites for hydroxylation is 1. The van der Waals surface area contributed by atoms with Gasteiger partial charge in [0.1, 0.15) is 11.5 Å². The Morgan fingerprint density at radius 1 is 1.32 bits per heavy atom. The number of aromatic nitrogens is 2. The van der Waals surface area contributed by atoms with E-state index < -0.39 is 5.91 Å². The van der Waals surface area contributed by atoms with Crippen molar-refractivity contribution < 1.29 is 4.79 Å². The predicted molar refractivity (Wildman–Crippen MR) is 101 cm³/mol. The normalized spacial score (nSPS) is 17.3. The molecule has 1 atom stereocenters. The molecule has 0 radical (unpaired) electrons. The van der Waals surface area contributed by atoms with Crippen LogP contribution in [0.15, 0.2) is 30.3 Å². The summed E-state index contributed by atoms with van der Waals surface area (Å²) in [5.74, 6) is 1.48. The summed E-state index contributed by atoms with van der Waals surface area (Å²) in [4.78, 5) is 23.3. The molecule has 1 aliphatic rings. The molecule has 132 valence electrons. The monoisotopic (exact) mass is 338 g/mol. The number of anilines is 1. The van der Waals surface area contributed by atoms with Gasteiger partial charge in [0.05, 0.1) is 0 Å². The maximum Gasteiger partial charge on any atom is 0.267 e. The molecule has 1 saturated heterocycles. The zero-order valence-corrected chi connectivity index (χ0v) is 15.2. The van der Waals surface area contributed by atoms with Crippen LogP contribution in [0.5, 0.6) is 0 Å². The number of nitrogens with two attached hydrogens (primary N) is 1. The number of carbonyl (C=O) groups is 1. The number of hydrogen-bond acceptors (Lipinski definition) is 4. The van der Waals surface area contributed by atoms with Gasteiger partial charge in [-0.15, -0.1) is 0 Å². The second-order valence-corrected chi connectivity index (χ2v) is 7.29. The molecular formula is C20H26N4O. The quantitative estimate of drug-likeness (QED) is 0.904. The van der Waals surface area contributed by atoms with E-state index in [4.69, 9.17) is 10.7 Å². The first-order chi connectivity index (χ1) is 11.9. The van der Waals surface area contributed by atoms with Gasteiger partial charge < -0.3 is 10.6 Å². The third-order valence-electron chi connectivity index (χ3n) is 4.66. The molecule has 5 heteroatoms. The summed E-state index contributed by atoms with van der Waals surface area (Å²) in [7, 11) is 0. The van der Waals surface area contributed by atoms with Crippen LogP contribution in [0.2, 0.25) is 0 Å². The third kappa shape index (κ3) is 3.98. The maximum atomic E-state index is 11.8. The van der Waals surface area contributed by atoms with E-state index >= 15 is 0 Å². The minimum Gasteiger partial charge on any atom is -0.364 e. The van der Waals surface area contributed by atoms with Crippen LogP contribution in [-0.4, -0.2) is 28.5 Å². The number of nitrogens with zero attached hydrogens (tertiary/aromatic N) is 3. The average molecular weight is 338 g/mol. The molecule has 1 aliphatic heterocycles. The van der Waals surface area contributed by atoms with Gasteiger partial charge in [-0.2, -0.15) is 0 Å². The van der Waals surface area contributed by atoms with E-state index in [1.54, 1.807) is 6.07 Å². The zero-order valence-electron chi connectivity index (χ0n) is 15.2. The van der Waals surface area contributed by atoms with Crippen molar-refractivity contribution in [1.29, 1.82) is 0 Å². The van der Waals surface area contributed by atoms with E-state index in [1.165, 1.54) is 0 Å². The average Bonchev–Trinajstić information content (AvgIpc) is 3.01. The molecule has 2 aromatic rings. The smallest absolute Gasteiger partial charge is 0.267 e. The predicted octanol–water partition coefficient (Wildman–Crippen LogP) is 3.57. The van der Waals surface area contributed by atoms with Crippen LogP contribution >= 0.6 is 0 Å². The van der Waals surface area contributed by atoms with Crippen LogP contribution in [0.4, 0.5) is 5.82 Å². The van der Waals surface area contributed by atoms with Crippen molar-refractivity contribution in [3.05, 3.63) is 41.6 Å². The Kier molecular flexibility index (Phi) is 5.02. The van der Waals surface area contributed by atoms with Crippen LogP contribution in [0, 0.1) is 12.8 Å². The van der Waals surface area contributed by atoms with E-state index in [2.05, 4.69) is 23.7 Å². The molecule has 0 spiro atoms. The highest BCUT2D eigenvalue weighted by Crippen LogP contribution is 2.30. The van der Waals surface area contributed by atoms with E-state index in [1.807, 2.05) is 31.2 Å². The summed E-state index contributed by atoms with van der Waals surface area (Å²) in [6.07, 6.45) is 3.43. The number of primary amides is 1. The first-order valence-electron chi connectivity index (χ1n) is 8.96. The fourth-order valence-corrected chi connectivity index (χ4v) is 3.55. The molecule has 0 saturated carbocycles. The molecule has 2 N–H and O–H groups in total. The first kappa shape index (κ1) is 17.4. The number of carbonyl (C=O) groups excluding carboxylic acids is 1. The van der Waals surface area contributed by atoms with Gasteiger partial charge in [-0.3, -0.25) is 4.79 Å². The molecule has 1 unspecified atom stereocenters. The van der Waals surface area contributed by atoms with E-state index in [9.17, 15) is 4.79 Å². The van der Waals surface area contributed by atoms with Crippen LogP contribution in [-0.2, 0) is 0 Å². The van der Waals surface area contributed by atoms with Crippen LogP contribution < -0.4 is 10.6 Å². The molecule has 1 aromatic heterocycles. The Hall–Kier alpha value is -2.43. The lowest BCUT2D eigenvalue weighted by molar-refractivity contribution is 0.0995. The summed E-state index contributed by atoms with van der Waals surface area (Å²) in [5.41, 5.74) is 7.84. The number of benzene rings is 1. The van der Waals surface area contributed by atoms with Crippen molar-refractivity contribution in [2.45, 2.75) is 46.1 Å². The molecule has 25 heavy (non-hydrogen) atoms. The Morgan fingerprint density at radius 3 is 2.80 bits per heavy atom. The number of amides is 1. The summed E-state index contributed by atoms with van der Waals surface area (Å²) < 4.78 is 0. The molecule has 3 rings (SSSR count). The zero-order chi connectivity index (χ0) is 18.0. The highest BCUT2D eigenvalue weighted by molar-refractivity contribution is 5.92. The number of hydrogen-bond donors (Lipinski definition) is 1. The molecule has 5 nitrogen and oxygen atoms in total. The molecule has 1 fully saturated rings. The molecule has 1 aromatic carbocycles. The molecule has 2 heterocycles. The van der Waals surface area contributed by atoms with Crippen molar-refractivity contribution in [3.8, 4) is 11.4 Å². The minimum absolute atomic E-state index is 0.275. The van der Waals surface area contributed by atoms with Crippen molar-refractivity contribution in [3.63, 3.8) is 0 Å². The van der Waals surface area contributed by atoms with Gasteiger partial charge >= 0.3 is 0 Å². The highest BCUT2D eigenvalue weighted by Gasteiger charge is 2.27. The second-order valence-electron chi connectivity index (χ2n) is 7.29. The Bertz CT molecular complexity index is 772. The first-order valence-corrected chi connectivity index (χ1v) is 8.96. The van der Waals surface area contributed by atoms with Gasteiger partial charge in [0.25, 0.3) is 5.91 Å². The van der Waals surface area contributed by atoms with Gasteiger partial charge in [-0.25, -0.2) is 9.97 Å². The van der Waals surface area contributed by atoms with Crippen molar-refractivity contribution in [2.24, 2.45) is 11.7 Å². The number of rotatable bonds is 5. The minimum atomic E-state index is -0.517. The highest BCUT2D eigenvalue weighted by atomic mass is 16.1. The van der Waals surface area contributed by atoms with Crippen LogP contribution in [0.25, 0.3) is 11.4 Å². The van der Waals surface area contributed by atoms with Gasteiger partial charge in [0, 0.05) is 24.2 Å². The molecule has 0 bridgehead atoms. The van der Waals surface area contributed by atoms with Gasteiger partial charge in [-0.1, -0.05) is 37.6 Å². The standard InChI is InChI=1S/C20H26N4O/c1-13(2)10-16-8-5-9-24(16)18-12-17(19(21)25)22-20(23-18)15-7-4-6-14(3)11-15/h4,6-7,11-13,16H,5,8-10H2,1-3H3,(H2,21,25). The van der Waals surface area contributed by atoms with Crippen LogP contribution in [0.3, 0.4) is 0 Å². The van der Waals surface area contributed by atoms with Crippen LogP contribution in [0.1, 0.15) is 49.2 Å². The van der Waals surface area contributed by atoms with E-state index in [-0.39, 0.29) is 5.69 Å². The Labute approximate surface area is 149 Å².